The molecule has 154 valence electrons. The van der Waals surface area contributed by atoms with Gasteiger partial charge < -0.3 is 19.4 Å². The zero-order chi connectivity index (χ0) is 20.2. The lowest BCUT2D eigenvalue weighted by atomic mass is 9.85. The van der Waals surface area contributed by atoms with Crippen LogP contribution in [0.4, 0.5) is 0 Å². The van der Waals surface area contributed by atoms with Crippen molar-refractivity contribution in [2.45, 2.75) is 50.5 Å². The van der Waals surface area contributed by atoms with E-state index in [1.165, 1.54) is 13.5 Å². The first kappa shape index (κ1) is 19.4. The van der Waals surface area contributed by atoms with E-state index >= 15 is 0 Å². The quantitative estimate of drug-likeness (QED) is 0.804. The minimum atomic E-state index is -0.339. The molecule has 1 saturated carbocycles. The molecule has 0 bridgehead atoms. The number of hydrogen-bond donors (Lipinski definition) is 1. The van der Waals surface area contributed by atoms with Crippen LogP contribution in [0.15, 0.2) is 28.7 Å². The number of carbonyl (C=O) groups is 2. The summed E-state index contributed by atoms with van der Waals surface area (Å²) in [5.74, 6) is 1.55. The second kappa shape index (κ2) is 8.63. The van der Waals surface area contributed by atoms with E-state index in [4.69, 9.17) is 9.15 Å². The smallest absolute Gasteiger partial charge is 0.255 e. The van der Waals surface area contributed by atoms with Gasteiger partial charge in [-0.3, -0.25) is 9.59 Å². The minimum Gasteiger partial charge on any atom is -0.496 e. The van der Waals surface area contributed by atoms with Gasteiger partial charge in [-0.2, -0.15) is 0 Å². The van der Waals surface area contributed by atoms with E-state index < -0.39 is 0 Å². The predicted octanol–water partition coefficient (Wildman–Crippen LogP) is 2.83. The molecule has 2 amide bonds. The number of ether oxygens (including phenoxy) is 1. The third kappa shape index (κ3) is 4.11. The van der Waals surface area contributed by atoms with E-state index in [9.17, 15) is 9.59 Å². The molecule has 1 N–H and O–H groups in total. The molecule has 8 nitrogen and oxygen atoms in total. The minimum absolute atomic E-state index is 0.0863. The number of likely N-dealkylation sites (tertiary alicyclic amines) is 1. The number of aromatic nitrogens is 2. The molecule has 0 spiro atoms. The molecule has 0 radical (unpaired) electrons. The van der Waals surface area contributed by atoms with Gasteiger partial charge in [-0.25, -0.2) is 0 Å². The lowest BCUT2D eigenvalue weighted by molar-refractivity contribution is -0.134. The molecular weight excluding hydrogens is 372 g/mol. The number of amides is 2. The van der Waals surface area contributed by atoms with Crippen molar-refractivity contribution in [3.8, 4) is 5.75 Å². The fourth-order valence-corrected chi connectivity index (χ4v) is 3.87. The number of benzene rings is 1. The monoisotopic (exact) mass is 398 g/mol. The van der Waals surface area contributed by atoms with Gasteiger partial charge in [0.2, 0.25) is 17.7 Å². The van der Waals surface area contributed by atoms with Crippen molar-refractivity contribution in [2.24, 2.45) is 0 Å². The fourth-order valence-electron chi connectivity index (χ4n) is 3.87. The Morgan fingerprint density at radius 2 is 1.93 bits per heavy atom. The first-order valence-electron chi connectivity index (χ1n) is 10.2. The van der Waals surface area contributed by atoms with Crippen LogP contribution < -0.4 is 10.1 Å². The summed E-state index contributed by atoms with van der Waals surface area (Å²) in [6, 6.07) is 6.71. The maximum Gasteiger partial charge on any atom is 0.255 e. The summed E-state index contributed by atoms with van der Waals surface area (Å²) in [6.45, 7) is 0.534. The van der Waals surface area contributed by atoms with Crippen LogP contribution in [-0.2, 0) is 4.79 Å². The number of rotatable bonds is 6. The second-order valence-electron chi connectivity index (χ2n) is 7.59. The summed E-state index contributed by atoms with van der Waals surface area (Å²) >= 11 is 0. The third-order valence-electron chi connectivity index (χ3n) is 5.77. The van der Waals surface area contributed by atoms with Crippen molar-refractivity contribution in [3.63, 3.8) is 0 Å². The zero-order valence-electron chi connectivity index (χ0n) is 16.6. The van der Waals surface area contributed by atoms with E-state index in [2.05, 4.69) is 15.5 Å². The van der Waals surface area contributed by atoms with Gasteiger partial charge in [0.15, 0.2) is 0 Å². The van der Waals surface area contributed by atoms with Gasteiger partial charge >= 0.3 is 0 Å². The van der Waals surface area contributed by atoms with E-state index in [0.717, 1.165) is 32.1 Å². The molecule has 8 heteroatoms. The van der Waals surface area contributed by atoms with Crippen molar-refractivity contribution in [3.05, 3.63) is 41.6 Å². The highest BCUT2D eigenvalue weighted by Crippen LogP contribution is 2.37. The van der Waals surface area contributed by atoms with Gasteiger partial charge in [0.25, 0.3) is 5.91 Å². The number of para-hydroxylation sites is 1. The second-order valence-corrected chi connectivity index (χ2v) is 7.59. The van der Waals surface area contributed by atoms with Crippen LogP contribution >= 0.6 is 0 Å². The molecule has 2 heterocycles. The maximum absolute atomic E-state index is 12.9. The molecule has 1 unspecified atom stereocenters. The van der Waals surface area contributed by atoms with Crippen molar-refractivity contribution in [1.29, 1.82) is 0 Å². The Bertz CT molecular complexity index is 877. The average Bonchev–Trinajstić information content (AvgIpc) is 3.19. The van der Waals surface area contributed by atoms with Gasteiger partial charge in [0.05, 0.1) is 19.2 Å². The Hall–Kier alpha value is -2.90. The van der Waals surface area contributed by atoms with Crippen molar-refractivity contribution < 1.29 is 18.7 Å². The molecule has 1 aromatic carbocycles. The Kier molecular flexibility index (Phi) is 5.78. The number of carbonyl (C=O) groups excluding carboxylic acids is 2. The molecular formula is C21H26N4O4. The molecule has 1 atom stereocenters. The van der Waals surface area contributed by atoms with E-state index in [1.54, 1.807) is 29.2 Å². The number of methoxy groups -OCH3 is 1. The number of nitrogens with zero attached hydrogens (tertiary/aromatic N) is 3. The predicted molar refractivity (Wildman–Crippen MR) is 105 cm³/mol. The molecule has 1 aromatic heterocycles. The number of piperidine rings is 1. The van der Waals surface area contributed by atoms with Crippen molar-refractivity contribution in [1.82, 2.24) is 20.4 Å². The van der Waals surface area contributed by atoms with Crippen LogP contribution in [0.3, 0.4) is 0 Å². The Morgan fingerprint density at radius 1 is 1.14 bits per heavy atom. The average molecular weight is 398 g/mol. The topological polar surface area (TPSA) is 97.6 Å². The third-order valence-corrected chi connectivity index (χ3v) is 5.77. The summed E-state index contributed by atoms with van der Waals surface area (Å²) < 4.78 is 11.1. The highest BCUT2D eigenvalue weighted by Gasteiger charge is 2.33. The zero-order valence-corrected chi connectivity index (χ0v) is 16.6. The Balaban J connectivity index is 1.41. The first-order valence-corrected chi connectivity index (χ1v) is 10.2. The summed E-state index contributed by atoms with van der Waals surface area (Å²) in [4.78, 5) is 27.1. The van der Waals surface area contributed by atoms with Crippen LogP contribution in [0.2, 0.25) is 0 Å². The summed E-state index contributed by atoms with van der Waals surface area (Å²) in [7, 11) is 1.51. The molecule has 29 heavy (non-hydrogen) atoms. The van der Waals surface area contributed by atoms with Crippen LogP contribution in [0.25, 0.3) is 0 Å². The number of hydrogen-bond acceptors (Lipinski definition) is 6. The van der Waals surface area contributed by atoms with Gasteiger partial charge in [-0.1, -0.05) is 18.6 Å². The highest BCUT2D eigenvalue weighted by atomic mass is 16.5. The van der Waals surface area contributed by atoms with Crippen LogP contribution in [0.1, 0.15) is 72.6 Å². The SMILES string of the molecule is COc1ccccc1C(=O)NCC(=O)N1CCCCC1c1nnc(C2CCC2)o1. The molecule has 1 aliphatic carbocycles. The highest BCUT2D eigenvalue weighted by molar-refractivity contribution is 5.98. The van der Waals surface area contributed by atoms with E-state index in [-0.39, 0.29) is 24.4 Å². The molecule has 1 saturated heterocycles. The normalized spacial score (nSPS) is 19.5. The van der Waals surface area contributed by atoms with Gasteiger partial charge in [-0.15, -0.1) is 10.2 Å². The Morgan fingerprint density at radius 3 is 2.69 bits per heavy atom. The lowest BCUT2D eigenvalue weighted by Crippen LogP contribution is -2.44. The Labute approximate surface area is 169 Å². The standard InChI is InChI=1S/C21H26N4O4/c1-28-17-11-3-2-9-15(17)19(27)22-13-18(26)25-12-5-4-10-16(25)21-24-23-20(29-21)14-7-6-8-14/h2-3,9,11,14,16H,4-8,10,12-13H2,1H3,(H,22,27). The van der Waals surface area contributed by atoms with Crippen LogP contribution in [-0.4, -0.2) is 47.1 Å². The first-order chi connectivity index (χ1) is 14.2. The molecule has 1 aliphatic heterocycles. The van der Waals surface area contributed by atoms with Gasteiger partial charge in [0, 0.05) is 12.5 Å². The van der Waals surface area contributed by atoms with E-state index in [0.29, 0.717) is 35.6 Å². The van der Waals surface area contributed by atoms with Gasteiger partial charge in [-0.05, 0) is 44.2 Å². The summed E-state index contributed by atoms with van der Waals surface area (Å²) in [6.07, 6.45) is 6.09. The summed E-state index contributed by atoms with van der Waals surface area (Å²) in [5.41, 5.74) is 0.403. The largest absolute Gasteiger partial charge is 0.496 e. The number of nitrogens with one attached hydrogen (secondary N) is 1. The van der Waals surface area contributed by atoms with Crippen molar-refractivity contribution in [2.75, 3.05) is 20.2 Å². The van der Waals surface area contributed by atoms with Gasteiger partial charge in [0.1, 0.15) is 11.8 Å². The maximum atomic E-state index is 12.9. The van der Waals surface area contributed by atoms with E-state index in [1.807, 2.05) is 0 Å². The van der Waals surface area contributed by atoms with Crippen molar-refractivity contribution >= 4 is 11.8 Å². The molecule has 2 fully saturated rings. The van der Waals surface area contributed by atoms with Crippen LogP contribution in [0, 0.1) is 0 Å². The molecule has 2 aromatic rings. The van der Waals surface area contributed by atoms with Crippen LogP contribution in [0.5, 0.6) is 5.75 Å². The fraction of sp³-hybridized carbons (Fsp3) is 0.524. The molecule has 2 aliphatic rings. The lowest BCUT2D eigenvalue weighted by Gasteiger charge is -2.33. The molecule has 4 rings (SSSR count). The summed E-state index contributed by atoms with van der Waals surface area (Å²) in [5, 5.41) is 11.1.